The molecule has 0 saturated heterocycles. The lowest BCUT2D eigenvalue weighted by molar-refractivity contribution is 0.103. The zero-order valence-corrected chi connectivity index (χ0v) is 14.0. The molecule has 0 unspecified atom stereocenters. The van der Waals surface area contributed by atoms with E-state index in [-0.39, 0.29) is 25.1 Å². The smallest absolute Gasteiger partial charge is 0.265 e. The van der Waals surface area contributed by atoms with Crippen molar-refractivity contribution >= 4 is 41.0 Å². The molecule has 3 N–H and O–H groups in total. The Kier molecular flexibility index (Phi) is 4.37. The molecule has 0 spiro atoms. The van der Waals surface area contributed by atoms with Crippen LogP contribution in [0.25, 0.3) is 0 Å². The second-order valence-electron chi connectivity index (χ2n) is 5.51. The lowest BCUT2D eigenvalue weighted by atomic mass is 9.99. The first kappa shape index (κ1) is 16.0. The third-order valence-corrected chi connectivity index (χ3v) is 5.25. The third-order valence-electron chi connectivity index (χ3n) is 4.01. The first-order valence-corrected chi connectivity index (χ1v) is 8.14. The molecule has 23 heavy (non-hydrogen) atoms. The largest absolute Gasteiger partial charge is 0.454 e. The molecule has 5 nitrogen and oxygen atoms in total. The number of nitrogen functional groups attached to an aromatic ring is 1. The minimum Gasteiger partial charge on any atom is -0.454 e. The molecule has 0 bridgehead atoms. The fourth-order valence-electron chi connectivity index (χ4n) is 2.85. The molecular formula is C16H17ClN2O3S. The molecule has 0 fully saturated rings. The molecule has 0 saturated carbocycles. The summed E-state index contributed by atoms with van der Waals surface area (Å²) >= 11 is 1.59. The first-order chi connectivity index (χ1) is 10.7. The van der Waals surface area contributed by atoms with E-state index in [2.05, 4.69) is 5.32 Å². The maximum Gasteiger partial charge on any atom is 0.265 e. The zero-order chi connectivity index (χ0) is 15.1. The van der Waals surface area contributed by atoms with Crippen molar-refractivity contribution in [2.75, 3.05) is 17.8 Å². The molecule has 1 amide bonds. The highest BCUT2D eigenvalue weighted by atomic mass is 35.5. The number of aryl methyl sites for hydroxylation is 2. The Balaban J connectivity index is 0.00000156. The minimum absolute atomic E-state index is 0. The van der Waals surface area contributed by atoms with Crippen molar-refractivity contribution in [2.24, 2.45) is 0 Å². The van der Waals surface area contributed by atoms with Gasteiger partial charge >= 0.3 is 0 Å². The highest BCUT2D eigenvalue weighted by Crippen LogP contribution is 2.38. The number of hydrogen-bond donors (Lipinski definition) is 2. The molecule has 1 aliphatic carbocycles. The van der Waals surface area contributed by atoms with Gasteiger partial charge in [-0.15, -0.1) is 23.7 Å². The number of fused-ring (bicyclic) bond motifs is 2. The van der Waals surface area contributed by atoms with Gasteiger partial charge in [0.15, 0.2) is 11.5 Å². The van der Waals surface area contributed by atoms with Crippen LogP contribution in [-0.2, 0) is 12.8 Å². The lowest BCUT2D eigenvalue weighted by Gasteiger charge is -2.08. The van der Waals surface area contributed by atoms with Crippen LogP contribution in [0, 0.1) is 0 Å². The van der Waals surface area contributed by atoms with Crippen LogP contribution in [0.5, 0.6) is 11.5 Å². The van der Waals surface area contributed by atoms with E-state index in [1.165, 1.54) is 23.3 Å². The Morgan fingerprint density at radius 1 is 1.13 bits per heavy atom. The molecule has 0 radical (unpaired) electrons. The van der Waals surface area contributed by atoms with Gasteiger partial charge in [-0.25, -0.2) is 0 Å². The van der Waals surface area contributed by atoms with E-state index in [4.69, 9.17) is 15.2 Å². The van der Waals surface area contributed by atoms with Gasteiger partial charge in [-0.3, -0.25) is 4.79 Å². The van der Waals surface area contributed by atoms with E-state index in [0.717, 1.165) is 17.7 Å². The molecule has 7 heteroatoms. The Morgan fingerprint density at radius 3 is 2.65 bits per heavy atom. The Morgan fingerprint density at radius 2 is 1.87 bits per heavy atom. The number of amides is 1. The van der Waals surface area contributed by atoms with Crippen LogP contribution < -0.4 is 20.5 Å². The topological polar surface area (TPSA) is 73.6 Å². The molecule has 2 aliphatic rings. The van der Waals surface area contributed by atoms with E-state index in [1.54, 1.807) is 23.5 Å². The van der Waals surface area contributed by atoms with Gasteiger partial charge in [-0.1, -0.05) is 0 Å². The van der Waals surface area contributed by atoms with Gasteiger partial charge in [0.25, 0.3) is 5.91 Å². The molecule has 1 aromatic heterocycles. The number of nitrogens with one attached hydrogen (secondary N) is 1. The highest BCUT2D eigenvalue weighted by molar-refractivity contribution is 7.14. The van der Waals surface area contributed by atoms with E-state index in [9.17, 15) is 4.79 Å². The summed E-state index contributed by atoms with van der Waals surface area (Å²) in [5, 5.41) is 2.88. The van der Waals surface area contributed by atoms with Gasteiger partial charge in [0.1, 0.15) is 0 Å². The first-order valence-electron chi connectivity index (χ1n) is 7.33. The number of nitrogens with two attached hydrogens (primary N) is 1. The van der Waals surface area contributed by atoms with Crippen LogP contribution in [0.2, 0.25) is 0 Å². The molecule has 122 valence electrons. The molecule has 1 aromatic carbocycles. The van der Waals surface area contributed by atoms with E-state index in [0.29, 0.717) is 22.9 Å². The summed E-state index contributed by atoms with van der Waals surface area (Å²) in [6.07, 6.45) is 4.58. The van der Waals surface area contributed by atoms with Gasteiger partial charge in [0, 0.05) is 17.0 Å². The molecule has 0 atom stereocenters. The minimum atomic E-state index is -0.120. The average molecular weight is 353 g/mol. The standard InChI is InChI=1S/C16H16N2O3S.ClH/c17-10-6-12-13(21-8-20-12)7-11(10)18-16(19)15-5-9-3-1-2-4-14(9)22-15;/h5-7H,1-4,8,17H2,(H,18,19);1H. The third kappa shape index (κ3) is 2.96. The molecule has 4 rings (SSSR count). The number of rotatable bonds is 2. The van der Waals surface area contributed by atoms with Crippen molar-refractivity contribution in [2.45, 2.75) is 25.7 Å². The highest BCUT2D eigenvalue weighted by Gasteiger charge is 2.20. The van der Waals surface area contributed by atoms with Crippen LogP contribution in [0.15, 0.2) is 18.2 Å². The van der Waals surface area contributed by atoms with Crippen molar-refractivity contribution in [1.82, 2.24) is 0 Å². The number of ether oxygens (including phenoxy) is 2. The summed E-state index contributed by atoms with van der Waals surface area (Å²) in [7, 11) is 0. The van der Waals surface area contributed by atoms with E-state index in [1.807, 2.05) is 6.07 Å². The van der Waals surface area contributed by atoms with Gasteiger partial charge < -0.3 is 20.5 Å². The fourth-order valence-corrected chi connectivity index (χ4v) is 4.00. The predicted octanol–water partition coefficient (Wildman–Crippen LogP) is 3.61. The SMILES string of the molecule is Cl.Nc1cc2c(cc1NC(=O)c1cc3c(s1)CCCC3)OCO2. The van der Waals surface area contributed by atoms with Gasteiger partial charge in [-0.2, -0.15) is 0 Å². The number of thiophene rings is 1. The van der Waals surface area contributed by atoms with E-state index >= 15 is 0 Å². The van der Waals surface area contributed by atoms with Crippen LogP contribution >= 0.6 is 23.7 Å². The van der Waals surface area contributed by atoms with Gasteiger partial charge in [-0.05, 0) is 37.3 Å². The number of anilines is 2. The number of carbonyl (C=O) groups excluding carboxylic acids is 1. The van der Waals surface area contributed by atoms with Crippen molar-refractivity contribution in [3.8, 4) is 11.5 Å². The second-order valence-corrected chi connectivity index (χ2v) is 6.65. The molecule has 2 heterocycles. The maximum atomic E-state index is 12.5. The van der Waals surface area contributed by atoms with Crippen molar-refractivity contribution in [1.29, 1.82) is 0 Å². The molecular weight excluding hydrogens is 336 g/mol. The Bertz CT molecular complexity index is 737. The van der Waals surface area contributed by atoms with Gasteiger partial charge in [0.05, 0.1) is 16.3 Å². The molecule has 1 aliphatic heterocycles. The summed E-state index contributed by atoms with van der Waals surface area (Å²) in [5.74, 6) is 1.10. The number of hydrogen-bond acceptors (Lipinski definition) is 5. The van der Waals surface area contributed by atoms with Crippen molar-refractivity contribution < 1.29 is 14.3 Å². The second kappa shape index (κ2) is 6.29. The maximum absolute atomic E-state index is 12.5. The van der Waals surface area contributed by atoms with Crippen LogP contribution in [0.4, 0.5) is 11.4 Å². The summed E-state index contributed by atoms with van der Waals surface area (Å²) in [6, 6.07) is 5.40. The Labute approximate surface area is 144 Å². The van der Waals surface area contributed by atoms with Crippen LogP contribution in [0.3, 0.4) is 0 Å². The number of carbonyl (C=O) groups is 1. The summed E-state index contributed by atoms with van der Waals surface area (Å²) in [4.78, 5) is 14.5. The predicted molar refractivity (Wildman–Crippen MR) is 93.1 cm³/mol. The quantitative estimate of drug-likeness (QED) is 0.810. The molecule has 2 aromatic rings. The monoisotopic (exact) mass is 352 g/mol. The Hall–Kier alpha value is -1.92. The van der Waals surface area contributed by atoms with Gasteiger partial charge in [0.2, 0.25) is 6.79 Å². The van der Waals surface area contributed by atoms with E-state index < -0.39 is 0 Å². The normalized spacial score (nSPS) is 14.8. The zero-order valence-electron chi connectivity index (χ0n) is 12.4. The van der Waals surface area contributed by atoms with Crippen LogP contribution in [0.1, 0.15) is 33.0 Å². The summed E-state index contributed by atoms with van der Waals surface area (Å²) in [5.41, 5.74) is 8.32. The van der Waals surface area contributed by atoms with Crippen molar-refractivity contribution in [3.05, 3.63) is 33.5 Å². The summed E-state index contributed by atoms with van der Waals surface area (Å²) in [6.45, 7) is 0.184. The fraction of sp³-hybridized carbons (Fsp3) is 0.312. The number of halogens is 1. The van der Waals surface area contributed by atoms with Crippen molar-refractivity contribution in [3.63, 3.8) is 0 Å². The lowest BCUT2D eigenvalue weighted by Crippen LogP contribution is -2.11. The van der Waals surface area contributed by atoms with Crippen LogP contribution in [-0.4, -0.2) is 12.7 Å². The summed E-state index contributed by atoms with van der Waals surface area (Å²) < 4.78 is 10.6. The average Bonchev–Trinajstić information content (AvgIpc) is 3.13. The number of benzene rings is 1.